The average Bonchev–Trinajstić information content (AvgIpc) is 3.30. The number of carbonyl (C=O) groups excluding carboxylic acids is 2. The summed E-state index contributed by atoms with van der Waals surface area (Å²) in [6.45, 7) is 10.1. The molecule has 1 fully saturated rings. The second-order valence-corrected chi connectivity index (χ2v) is 9.97. The molecule has 0 bridgehead atoms. The smallest absolute Gasteiger partial charge is 0.408 e. The van der Waals surface area contributed by atoms with Crippen LogP contribution < -0.4 is 11.1 Å². The molecule has 0 radical (unpaired) electrons. The van der Waals surface area contributed by atoms with Gasteiger partial charge in [0, 0.05) is 5.92 Å². The minimum atomic E-state index is -1.77. The van der Waals surface area contributed by atoms with Crippen LogP contribution in [0.25, 0.3) is 5.52 Å². The van der Waals surface area contributed by atoms with Crippen LogP contribution in [0, 0.1) is 23.2 Å². The van der Waals surface area contributed by atoms with Crippen molar-refractivity contribution in [2.24, 2.45) is 11.8 Å². The third kappa shape index (κ3) is 5.16. The minimum Gasteiger partial charge on any atom is -0.461 e. The fraction of sp³-hybridized carbons (Fsp3) is 0.609. The SMILES string of the molecule is CC(C)[C@H](NC(=O)OC(C)(C)C)C(=O)OC[C@H]1O[C@@](C#N)(c2ccc3c(N)ncnn23)[C@H](O)[C@@H]1C. The zero-order chi connectivity index (χ0) is 26.1. The predicted octanol–water partition coefficient (Wildman–Crippen LogP) is 1.52. The Morgan fingerprint density at radius 3 is 2.69 bits per heavy atom. The molecule has 3 heterocycles. The molecule has 0 aromatic carbocycles. The van der Waals surface area contributed by atoms with Crippen molar-refractivity contribution >= 4 is 23.4 Å². The lowest BCUT2D eigenvalue weighted by Crippen LogP contribution is -2.47. The van der Waals surface area contributed by atoms with E-state index in [4.69, 9.17) is 19.9 Å². The molecular formula is C23H32N6O6. The molecule has 1 amide bonds. The van der Waals surface area contributed by atoms with Gasteiger partial charge < -0.3 is 30.4 Å². The molecule has 1 aliphatic rings. The molecule has 4 N–H and O–H groups in total. The molecule has 0 aliphatic carbocycles. The highest BCUT2D eigenvalue weighted by Crippen LogP contribution is 2.43. The Labute approximate surface area is 203 Å². The minimum absolute atomic E-state index is 0.211. The molecule has 190 valence electrons. The molecule has 1 saturated heterocycles. The van der Waals surface area contributed by atoms with Gasteiger partial charge in [0.1, 0.15) is 42.3 Å². The summed E-state index contributed by atoms with van der Waals surface area (Å²) in [5, 5.41) is 27.8. The molecule has 12 nitrogen and oxygen atoms in total. The van der Waals surface area contributed by atoms with Gasteiger partial charge in [-0.15, -0.1) is 0 Å². The van der Waals surface area contributed by atoms with Crippen molar-refractivity contribution in [3.05, 3.63) is 24.2 Å². The number of hydrogen-bond acceptors (Lipinski definition) is 10. The Kier molecular flexibility index (Phi) is 7.23. The van der Waals surface area contributed by atoms with E-state index >= 15 is 0 Å². The van der Waals surface area contributed by atoms with Gasteiger partial charge >= 0.3 is 12.1 Å². The number of nitrogens with one attached hydrogen (secondary N) is 1. The van der Waals surface area contributed by atoms with Crippen LogP contribution in [0.15, 0.2) is 18.5 Å². The van der Waals surface area contributed by atoms with E-state index in [0.717, 1.165) is 0 Å². The summed E-state index contributed by atoms with van der Waals surface area (Å²) in [5.74, 6) is -1.32. The number of anilines is 1. The van der Waals surface area contributed by atoms with Crippen molar-refractivity contribution in [2.45, 2.75) is 71.0 Å². The summed E-state index contributed by atoms with van der Waals surface area (Å²) in [4.78, 5) is 28.9. The van der Waals surface area contributed by atoms with E-state index in [1.165, 1.54) is 10.8 Å². The maximum Gasteiger partial charge on any atom is 0.408 e. The lowest BCUT2D eigenvalue weighted by atomic mass is 9.88. The molecule has 0 unspecified atom stereocenters. The Bertz CT molecular complexity index is 1140. The van der Waals surface area contributed by atoms with E-state index in [1.54, 1.807) is 53.7 Å². The van der Waals surface area contributed by atoms with Crippen LogP contribution in [0.5, 0.6) is 0 Å². The van der Waals surface area contributed by atoms with E-state index in [1.807, 2.05) is 0 Å². The van der Waals surface area contributed by atoms with E-state index < -0.39 is 47.4 Å². The van der Waals surface area contributed by atoms with Gasteiger partial charge in [-0.25, -0.2) is 19.1 Å². The van der Waals surface area contributed by atoms with Crippen molar-refractivity contribution in [2.75, 3.05) is 12.3 Å². The first kappa shape index (κ1) is 26.2. The second kappa shape index (κ2) is 9.67. The van der Waals surface area contributed by atoms with Crippen LogP contribution in [-0.2, 0) is 24.6 Å². The van der Waals surface area contributed by atoms with E-state index in [0.29, 0.717) is 5.52 Å². The number of nitriles is 1. The number of nitrogens with zero attached hydrogens (tertiary/aromatic N) is 4. The maximum absolute atomic E-state index is 12.8. The topological polar surface area (TPSA) is 174 Å². The number of alkyl carbamates (subject to hydrolysis) is 1. The number of ether oxygens (including phenoxy) is 3. The molecule has 2 aromatic heterocycles. The summed E-state index contributed by atoms with van der Waals surface area (Å²) >= 11 is 0. The van der Waals surface area contributed by atoms with Crippen molar-refractivity contribution in [1.82, 2.24) is 19.9 Å². The van der Waals surface area contributed by atoms with Crippen molar-refractivity contribution in [3.8, 4) is 6.07 Å². The van der Waals surface area contributed by atoms with Crippen LogP contribution in [-0.4, -0.2) is 62.2 Å². The number of nitrogens with two attached hydrogens (primary N) is 1. The van der Waals surface area contributed by atoms with E-state index in [9.17, 15) is 20.0 Å². The third-order valence-electron chi connectivity index (χ3n) is 5.85. The Morgan fingerprint density at radius 1 is 1.40 bits per heavy atom. The largest absolute Gasteiger partial charge is 0.461 e. The number of fused-ring (bicyclic) bond motifs is 1. The number of hydrogen-bond donors (Lipinski definition) is 3. The van der Waals surface area contributed by atoms with Crippen molar-refractivity contribution in [1.29, 1.82) is 5.26 Å². The summed E-state index contributed by atoms with van der Waals surface area (Å²) < 4.78 is 18.1. The lowest BCUT2D eigenvalue weighted by molar-refractivity contribution is -0.153. The van der Waals surface area contributed by atoms with Crippen molar-refractivity contribution in [3.63, 3.8) is 0 Å². The molecule has 35 heavy (non-hydrogen) atoms. The van der Waals surface area contributed by atoms with Gasteiger partial charge in [0.05, 0.1) is 11.8 Å². The Hall–Kier alpha value is -3.43. The number of carbonyl (C=O) groups is 2. The normalized spacial score (nSPS) is 25.3. The summed E-state index contributed by atoms with van der Waals surface area (Å²) in [6.07, 6.45) is -1.54. The fourth-order valence-electron chi connectivity index (χ4n) is 3.96. The molecule has 2 aromatic rings. The fourth-order valence-corrected chi connectivity index (χ4v) is 3.96. The summed E-state index contributed by atoms with van der Waals surface area (Å²) in [5.41, 5.74) is 4.14. The first-order valence-corrected chi connectivity index (χ1v) is 11.3. The Morgan fingerprint density at radius 2 is 2.09 bits per heavy atom. The van der Waals surface area contributed by atoms with Gasteiger partial charge in [0.25, 0.3) is 0 Å². The highest BCUT2D eigenvalue weighted by Gasteiger charge is 2.56. The van der Waals surface area contributed by atoms with Crippen LogP contribution in [0.3, 0.4) is 0 Å². The monoisotopic (exact) mass is 488 g/mol. The van der Waals surface area contributed by atoms with E-state index in [-0.39, 0.29) is 24.0 Å². The average molecular weight is 489 g/mol. The number of aliphatic hydroxyl groups excluding tert-OH is 1. The predicted molar refractivity (Wildman–Crippen MR) is 124 cm³/mol. The number of amides is 1. The van der Waals surface area contributed by atoms with Gasteiger partial charge in [0.15, 0.2) is 5.82 Å². The Balaban J connectivity index is 1.75. The molecule has 5 atom stereocenters. The number of rotatable bonds is 6. The molecule has 0 saturated carbocycles. The first-order chi connectivity index (χ1) is 16.3. The van der Waals surface area contributed by atoms with Gasteiger partial charge in [0.2, 0.25) is 5.60 Å². The second-order valence-electron chi connectivity index (χ2n) is 9.97. The van der Waals surface area contributed by atoms with Gasteiger partial charge in [-0.2, -0.15) is 10.4 Å². The van der Waals surface area contributed by atoms with Crippen LogP contribution in [0.1, 0.15) is 47.2 Å². The van der Waals surface area contributed by atoms with Gasteiger partial charge in [-0.1, -0.05) is 20.8 Å². The number of aromatic nitrogens is 3. The van der Waals surface area contributed by atoms with Crippen LogP contribution >= 0.6 is 0 Å². The molecule has 0 spiro atoms. The van der Waals surface area contributed by atoms with Gasteiger partial charge in [-0.3, -0.25) is 0 Å². The number of esters is 1. The summed E-state index contributed by atoms with van der Waals surface area (Å²) in [7, 11) is 0. The van der Waals surface area contributed by atoms with E-state index in [2.05, 4.69) is 21.5 Å². The maximum atomic E-state index is 12.8. The number of nitrogen functional groups attached to an aromatic ring is 1. The standard InChI is InChI=1S/C23H32N6O6/c1-12(2)17(28-21(32)35-22(4,5)6)20(31)33-9-15-13(3)18(30)23(10-24,34-15)16-8-7-14-19(25)26-11-27-29(14)16/h7-8,11-13,15,17-18,30H,9H2,1-6H3,(H,28,32)(H2,25,26,27)/t13-,15-,17+,18-,23+/m1/s1. The molecule has 12 heteroatoms. The van der Waals surface area contributed by atoms with Crippen LogP contribution in [0.4, 0.5) is 10.6 Å². The number of aliphatic hydroxyl groups is 1. The lowest BCUT2D eigenvalue weighted by Gasteiger charge is -2.25. The van der Waals surface area contributed by atoms with Crippen LogP contribution in [0.2, 0.25) is 0 Å². The summed E-state index contributed by atoms with van der Waals surface area (Å²) in [6, 6.07) is 4.34. The molecular weight excluding hydrogens is 456 g/mol. The highest BCUT2D eigenvalue weighted by molar-refractivity contribution is 5.81. The molecule has 3 rings (SSSR count). The quantitative estimate of drug-likeness (QED) is 0.506. The zero-order valence-electron chi connectivity index (χ0n) is 20.7. The van der Waals surface area contributed by atoms with Crippen molar-refractivity contribution < 1.29 is 28.9 Å². The van der Waals surface area contributed by atoms with Gasteiger partial charge in [-0.05, 0) is 38.8 Å². The first-order valence-electron chi connectivity index (χ1n) is 11.3. The molecule has 1 aliphatic heterocycles. The zero-order valence-corrected chi connectivity index (χ0v) is 20.7. The highest BCUT2D eigenvalue weighted by atomic mass is 16.6. The third-order valence-corrected chi connectivity index (χ3v) is 5.85.